The first-order valence-corrected chi connectivity index (χ1v) is 6.08. The molecule has 7 heteroatoms. The zero-order valence-electron chi connectivity index (χ0n) is 10.6. The minimum Gasteiger partial charge on any atom is -0.443 e. The highest BCUT2D eigenvalue weighted by atomic mass is 79.9. The van der Waals surface area contributed by atoms with Gasteiger partial charge in [-0.15, -0.1) is 0 Å². The largest absolute Gasteiger partial charge is 0.443 e. The van der Waals surface area contributed by atoms with Crippen LogP contribution in [0.25, 0.3) is 0 Å². The number of hydrogen-bond donors (Lipinski definition) is 0. The lowest BCUT2D eigenvalue weighted by Gasteiger charge is -2.23. The van der Waals surface area contributed by atoms with Gasteiger partial charge in [-0.2, -0.15) is 13.2 Å². The fourth-order valence-electron chi connectivity index (χ4n) is 1.21. The van der Waals surface area contributed by atoms with Gasteiger partial charge in [0.2, 0.25) is 0 Å². The molecule has 0 radical (unpaired) electrons. The molecule has 0 unspecified atom stereocenters. The van der Waals surface area contributed by atoms with Crippen LogP contribution in [-0.4, -0.2) is 11.7 Å². The number of amides is 1. The number of carbonyl (C=O) groups is 1. The summed E-state index contributed by atoms with van der Waals surface area (Å²) < 4.78 is 43.6. The van der Waals surface area contributed by atoms with Crippen molar-refractivity contribution in [1.82, 2.24) is 0 Å². The molecule has 0 saturated carbocycles. The van der Waals surface area contributed by atoms with Crippen LogP contribution < -0.4 is 3.93 Å². The average molecular weight is 340 g/mol. The van der Waals surface area contributed by atoms with Crippen molar-refractivity contribution in [3.63, 3.8) is 0 Å². The molecule has 19 heavy (non-hydrogen) atoms. The van der Waals surface area contributed by atoms with Crippen LogP contribution in [0.4, 0.5) is 23.7 Å². The highest BCUT2D eigenvalue weighted by Crippen LogP contribution is 2.32. The van der Waals surface area contributed by atoms with Crippen molar-refractivity contribution in [3.05, 3.63) is 29.8 Å². The molecule has 1 aromatic rings. The van der Waals surface area contributed by atoms with E-state index in [0.29, 0.717) is 0 Å². The molecule has 0 fully saturated rings. The molecule has 0 atom stereocenters. The zero-order chi connectivity index (χ0) is 14.8. The number of ether oxygens (including phenoxy) is 1. The molecule has 0 N–H and O–H groups in total. The summed E-state index contributed by atoms with van der Waals surface area (Å²) in [5, 5.41) is 0. The van der Waals surface area contributed by atoms with Crippen molar-refractivity contribution in [1.29, 1.82) is 0 Å². The summed E-state index contributed by atoms with van der Waals surface area (Å²) in [7, 11) is 0. The number of rotatable bonds is 1. The molecule has 1 rings (SSSR count). The normalized spacial score (nSPS) is 12.2. The molecular weight excluding hydrogens is 327 g/mol. The first kappa shape index (κ1) is 15.8. The Morgan fingerprint density at radius 2 is 1.84 bits per heavy atom. The Balaban J connectivity index is 2.95. The van der Waals surface area contributed by atoms with E-state index in [4.69, 9.17) is 4.74 Å². The van der Waals surface area contributed by atoms with Crippen molar-refractivity contribution >= 4 is 27.9 Å². The van der Waals surface area contributed by atoms with E-state index in [1.54, 1.807) is 20.8 Å². The van der Waals surface area contributed by atoms with Gasteiger partial charge in [-0.1, -0.05) is 6.07 Å². The van der Waals surface area contributed by atoms with Crippen LogP contribution in [0.3, 0.4) is 0 Å². The summed E-state index contributed by atoms with van der Waals surface area (Å²) in [5.74, 6) is 0. The Labute approximate surface area is 117 Å². The monoisotopic (exact) mass is 339 g/mol. The Hall–Kier alpha value is -1.24. The first-order valence-electron chi connectivity index (χ1n) is 5.37. The number of nitrogens with zero attached hydrogens (tertiary/aromatic N) is 1. The molecule has 0 heterocycles. The molecule has 106 valence electrons. The maximum atomic E-state index is 12.6. The van der Waals surface area contributed by atoms with E-state index in [1.807, 2.05) is 0 Å². The van der Waals surface area contributed by atoms with Gasteiger partial charge in [-0.3, -0.25) is 0 Å². The van der Waals surface area contributed by atoms with Gasteiger partial charge in [0.1, 0.15) is 5.60 Å². The van der Waals surface area contributed by atoms with Crippen molar-refractivity contribution in [2.75, 3.05) is 3.93 Å². The lowest BCUT2D eigenvalue weighted by molar-refractivity contribution is -0.137. The zero-order valence-corrected chi connectivity index (χ0v) is 12.2. The second kappa shape index (κ2) is 5.40. The van der Waals surface area contributed by atoms with Gasteiger partial charge < -0.3 is 4.74 Å². The van der Waals surface area contributed by atoms with E-state index < -0.39 is 23.4 Å². The molecule has 0 aromatic heterocycles. The molecular formula is C12H13BrF3NO2. The van der Waals surface area contributed by atoms with Crippen molar-refractivity contribution in [2.24, 2.45) is 0 Å². The fraction of sp³-hybridized carbons (Fsp3) is 0.417. The van der Waals surface area contributed by atoms with Crippen LogP contribution >= 0.6 is 16.1 Å². The Kier molecular flexibility index (Phi) is 4.50. The number of anilines is 1. The van der Waals surface area contributed by atoms with E-state index in [1.165, 1.54) is 12.1 Å². The maximum Gasteiger partial charge on any atom is 0.425 e. The Morgan fingerprint density at radius 3 is 2.32 bits per heavy atom. The summed E-state index contributed by atoms with van der Waals surface area (Å²) in [6.07, 6.45) is -5.25. The third-order valence-corrected chi connectivity index (χ3v) is 2.65. The third kappa shape index (κ3) is 4.74. The van der Waals surface area contributed by atoms with E-state index in [-0.39, 0.29) is 5.69 Å². The van der Waals surface area contributed by atoms with E-state index in [9.17, 15) is 18.0 Å². The molecule has 0 aliphatic heterocycles. The van der Waals surface area contributed by atoms with Crippen LogP contribution in [-0.2, 0) is 10.9 Å². The van der Waals surface area contributed by atoms with Crippen LogP contribution in [0, 0.1) is 0 Å². The molecule has 0 bridgehead atoms. The lowest BCUT2D eigenvalue weighted by atomic mass is 10.2. The molecule has 3 nitrogen and oxygen atoms in total. The Morgan fingerprint density at radius 1 is 1.26 bits per heavy atom. The molecule has 0 spiro atoms. The van der Waals surface area contributed by atoms with Crippen LogP contribution in [0.2, 0.25) is 0 Å². The van der Waals surface area contributed by atoms with Gasteiger partial charge in [-0.05, 0) is 39.0 Å². The van der Waals surface area contributed by atoms with Gasteiger partial charge in [-0.25, -0.2) is 8.72 Å². The van der Waals surface area contributed by atoms with Gasteiger partial charge >= 0.3 is 12.3 Å². The minimum absolute atomic E-state index is 0.0454. The molecule has 1 amide bonds. The summed E-state index contributed by atoms with van der Waals surface area (Å²) in [6.45, 7) is 4.99. The van der Waals surface area contributed by atoms with Gasteiger partial charge in [0.05, 0.1) is 27.4 Å². The maximum absolute atomic E-state index is 12.6. The molecule has 0 saturated heterocycles. The predicted octanol–water partition coefficient (Wildman–Crippen LogP) is 4.76. The fourth-order valence-corrected chi connectivity index (χ4v) is 1.50. The SMILES string of the molecule is CC(C)(C)OC(=O)N(Br)c1cccc(C(F)(F)F)c1. The Bertz CT molecular complexity index is 469. The number of hydrogen-bond acceptors (Lipinski definition) is 2. The molecule has 0 aliphatic carbocycles. The number of halogens is 4. The van der Waals surface area contributed by atoms with Gasteiger partial charge in [0, 0.05) is 0 Å². The summed E-state index contributed by atoms with van der Waals surface area (Å²) in [4.78, 5) is 11.7. The van der Waals surface area contributed by atoms with Crippen LogP contribution in [0.1, 0.15) is 26.3 Å². The second-order valence-electron chi connectivity index (χ2n) is 4.81. The number of carbonyl (C=O) groups excluding carboxylic acids is 1. The summed E-state index contributed by atoms with van der Waals surface area (Å²) >= 11 is 2.90. The van der Waals surface area contributed by atoms with Crippen LogP contribution in [0.5, 0.6) is 0 Å². The lowest BCUT2D eigenvalue weighted by Crippen LogP contribution is -2.31. The molecule has 0 aliphatic rings. The quantitative estimate of drug-likeness (QED) is 0.690. The third-order valence-electron chi connectivity index (χ3n) is 1.95. The van der Waals surface area contributed by atoms with Crippen molar-refractivity contribution in [3.8, 4) is 0 Å². The second-order valence-corrected chi connectivity index (χ2v) is 5.52. The average Bonchev–Trinajstić information content (AvgIpc) is 2.24. The van der Waals surface area contributed by atoms with Crippen LogP contribution in [0.15, 0.2) is 24.3 Å². The standard InChI is InChI=1S/C12H13BrF3NO2/c1-11(2,3)19-10(18)17(13)9-6-4-5-8(7-9)12(14,15)16/h4-7H,1-3H3. The number of alkyl halides is 3. The predicted molar refractivity (Wildman–Crippen MR) is 69.1 cm³/mol. The van der Waals surface area contributed by atoms with Crippen molar-refractivity contribution in [2.45, 2.75) is 32.5 Å². The van der Waals surface area contributed by atoms with E-state index >= 15 is 0 Å². The summed E-state index contributed by atoms with van der Waals surface area (Å²) in [5.41, 5.74) is -1.52. The highest BCUT2D eigenvalue weighted by Gasteiger charge is 2.31. The number of benzene rings is 1. The van der Waals surface area contributed by atoms with Gasteiger partial charge in [0.15, 0.2) is 0 Å². The van der Waals surface area contributed by atoms with E-state index in [2.05, 4.69) is 16.1 Å². The highest BCUT2D eigenvalue weighted by molar-refractivity contribution is 9.10. The minimum atomic E-state index is -4.46. The topological polar surface area (TPSA) is 29.5 Å². The molecule has 1 aromatic carbocycles. The van der Waals surface area contributed by atoms with E-state index in [0.717, 1.165) is 16.1 Å². The van der Waals surface area contributed by atoms with Crippen molar-refractivity contribution < 1.29 is 22.7 Å². The smallest absolute Gasteiger partial charge is 0.425 e. The first-order chi connectivity index (χ1) is 8.50. The summed E-state index contributed by atoms with van der Waals surface area (Å²) in [6, 6.07) is 4.38. The van der Waals surface area contributed by atoms with Gasteiger partial charge in [0.25, 0.3) is 0 Å².